The van der Waals surface area contributed by atoms with Crippen molar-refractivity contribution in [1.29, 1.82) is 0 Å². The van der Waals surface area contributed by atoms with Gasteiger partial charge in [-0.2, -0.15) is 4.98 Å². The Morgan fingerprint density at radius 3 is 2.53 bits per heavy atom. The highest BCUT2D eigenvalue weighted by atomic mass is 16.7. The molecule has 0 saturated carbocycles. The van der Waals surface area contributed by atoms with Crippen molar-refractivity contribution < 1.29 is 28.7 Å². The minimum Gasteiger partial charge on any atom is -0.481 e. The summed E-state index contributed by atoms with van der Waals surface area (Å²) >= 11 is 0. The molecule has 0 radical (unpaired) electrons. The summed E-state index contributed by atoms with van der Waals surface area (Å²) in [5.74, 6) is -2.49. The summed E-state index contributed by atoms with van der Waals surface area (Å²) in [7, 11) is 1.70. The minimum absolute atomic E-state index is 0.103. The van der Waals surface area contributed by atoms with Crippen molar-refractivity contribution in [3.8, 4) is 0 Å². The number of carboxylic acid groups (broad SMARTS) is 1. The highest BCUT2D eigenvalue weighted by Gasteiger charge is 2.41. The van der Waals surface area contributed by atoms with Gasteiger partial charge in [0, 0.05) is 37.4 Å². The molecule has 1 saturated heterocycles. The predicted octanol–water partition coefficient (Wildman–Crippen LogP) is 4.21. The molecule has 2 amide bonds. The van der Waals surface area contributed by atoms with Gasteiger partial charge in [0.15, 0.2) is 5.58 Å². The molecule has 0 aliphatic carbocycles. The van der Waals surface area contributed by atoms with Crippen molar-refractivity contribution in [3.05, 3.63) is 95.7 Å². The molecule has 4 aromatic rings. The number of anilines is 3. The fourth-order valence-electron chi connectivity index (χ4n) is 5.46. The Labute approximate surface area is 247 Å². The molecule has 220 valence electrons. The van der Waals surface area contributed by atoms with Gasteiger partial charge in [0.25, 0.3) is 11.9 Å². The number of nitrogens with one attached hydrogen (secondary N) is 2. The SMILES string of the molecule is CC1C=C(C(=O)N2CC(C(=O)O)C(c3ccc(N(C)C(=O)Cc4ccc5nc(Nc6ccccc6)oc5c4)cc3)C2)NO1. The highest BCUT2D eigenvalue weighted by Crippen LogP contribution is 2.35. The number of oxazole rings is 1. The number of likely N-dealkylation sites (tertiary alicyclic amines) is 1. The number of amides is 2. The number of hydroxylamine groups is 1. The molecule has 3 heterocycles. The molecule has 3 aromatic carbocycles. The van der Waals surface area contributed by atoms with Gasteiger partial charge in [-0.15, -0.1) is 0 Å². The van der Waals surface area contributed by atoms with Crippen molar-refractivity contribution in [2.24, 2.45) is 5.92 Å². The number of carbonyl (C=O) groups is 3. The second kappa shape index (κ2) is 11.6. The predicted molar refractivity (Wildman–Crippen MR) is 160 cm³/mol. The van der Waals surface area contributed by atoms with E-state index in [1.165, 1.54) is 0 Å². The van der Waals surface area contributed by atoms with Crippen LogP contribution in [-0.4, -0.2) is 59.0 Å². The van der Waals surface area contributed by atoms with Gasteiger partial charge in [-0.05, 0) is 60.5 Å². The van der Waals surface area contributed by atoms with E-state index in [1.807, 2.05) is 60.7 Å². The van der Waals surface area contributed by atoms with Gasteiger partial charge < -0.3 is 24.6 Å². The molecule has 11 heteroatoms. The molecule has 1 aromatic heterocycles. The van der Waals surface area contributed by atoms with Crippen LogP contribution >= 0.6 is 0 Å². The summed E-state index contributed by atoms with van der Waals surface area (Å²) in [5.41, 5.74) is 7.32. The first-order chi connectivity index (χ1) is 20.7. The van der Waals surface area contributed by atoms with Crippen LogP contribution in [0.1, 0.15) is 24.0 Å². The molecule has 1 fully saturated rings. The van der Waals surface area contributed by atoms with Crippen molar-refractivity contribution in [3.63, 3.8) is 0 Å². The van der Waals surface area contributed by atoms with E-state index in [0.29, 0.717) is 28.5 Å². The fraction of sp³-hybridized carbons (Fsp3) is 0.250. The minimum atomic E-state index is -0.957. The van der Waals surface area contributed by atoms with E-state index in [9.17, 15) is 19.5 Å². The second-order valence-electron chi connectivity index (χ2n) is 10.8. The molecule has 3 unspecified atom stereocenters. The van der Waals surface area contributed by atoms with E-state index in [0.717, 1.165) is 16.8 Å². The maximum Gasteiger partial charge on any atom is 0.308 e. The lowest BCUT2D eigenvalue weighted by atomic mass is 9.89. The second-order valence-corrected chi connectivity index (χ2v) is 10.8. The number of likely N-dealkylation sites (N-methyl/N-ethyl adjacent to an activating group) is 1. The third-order valence-electron chi connectivity index (χ3n) is 7.83. The average molecular weight is 582 g/mol. The van der Waals surface area contributed by atoms with E-state index >= 15 is 0 Å². The number of benzene rings is 3. The van der Waals surface area contributed by atoms with E-state index in [-0.39, 0.29) is 43.3 Å². The number of carbonyl (C=O) groups excluding carboxylic acids is 2. The van der Waals surface area contributed by atoms with E-state index in [1.54, 1.807) is 42.0 Å². The van der Waals surface area contributed by atoms with Crippen LogP contribution in [-0.2, 0) is 25.6 Å². The maximum absolute atomic E-state index is 13.2. The zero-order chi connectivity index (χ0) is 30.1. The van der Waals surface area contributed by atoms with Gasteiger partial charge in [-0.25, -0.2) is 0 Å². The van der Waals surface area contributed by atoms with E-state index in [4.69, 9.17) is 9.25 Å². The molecular weight excluding hydrogens is 550 g/mol. The number of hydrogen-bond donors (Lipinski definition) is 3. The lowest BCUT2D eigenvalue weighted by Crippen LogP contribution is -2.34. The van der Waals surface area contributed by atoms with Gasteiger partial charge in [0.1, 0.15) is 17.3 Å². The number of aliphatic carboxylic acids is 1. The largest absolute Gasteiger partial charge is 0.481 e. The molecule has 3 N–H and O–H groups in total. The van der Waals surface area contributed by atoms with Crippen LogP contribution in [0.25, 0.3) is 11.1 Å². The van der Waals surface area contributed by atoms with Crippen molar-refractivity contribution in [1.82, 2.24) is 15.4 Å². The summed E-state index contributed by atoms with van der Waals surface area (Å²) in [4.78, 5) is 50.9. The van der Waals surface area contributed by atoms with Crippen molar-refractivity contribution in [2.45, 2.75) is 25.4 Å². The molecule has 0 bridgehead atoms. The van der Waals surface area contributed by atoms with Gasteiger partial charge in [0.2, 0.25) is 5.91 Å². The Bertz CT molecular complexity index is 1700. The van der Waals surface area contributed by atoms with Gasteiger partial charge >= 0.3 is 5.97 Å². The molecule has 11 nitrogen and oxygen atoms in total. The Morgan fingerprint density at radius 2 is 1.84 bits per heavy atom. The van der Waals surface area contributed by atoms with Gasteiger partial charge in [-0.3, -0.25) is 24.7 Å². The number of hydrogen-bond acceptors (Lipinski definition) is 8. The average Bonchev–Trinajstić information content (AvgIpc) is 3.75. The number of fused-ring (bicyclic) bond motifs is 1. The first-order valence-corrected chi connectivity index (χ1v) is 14.0. The normalized spacial score (nSPS) is 19.6. The number of carboxylic acids is 1. The van der Waals surface area contributed by atoms with Crippen LogP contribution in [0.15, 0.2) is 89.0 Å². The quantitative estimate of drug-likeness (QED) is 0.279. The van der Waals surface area contributed by atoms with Crippen molar-refractivity contribution >= 4 is 46.3 Å². The van der Waals surface area contributed by atoms with Crippen LogP contribution in [0, 0.1) is 5.92 Å². The Kier molecular flexibility index (Phi) is 7.56. The molecule has 2 aliphatic rings. The maximum atomic E-state index is 13.2. The van der Waals surface area contributed by atoms with Crippen LogP contribution < -0.4 is 15.7 Å². The number of para-hydroxylation sites is 1. The van der Waals surface area contributed by atoms with Crippen molar-refractivity contribution in [2.75, 3.05) is 30.4 Å². The summed E-state index contributed by atoms with van der Waals surface area (Å²) in [6, 6.07) is 22.7. The monoisotopic (exact) mass is 581 g/mol. The Hall–Kier alpha value is -5.16. The Balaban J connectivity index is 1.11. The molecule has 0 spiro atoms. The summed E-state index contributed by atoms with van der Waals surface area (Å²) in [6.07, 6.45) is 1.60. The fourth-order valence-corrected chi connectivity index (χ4v) is 5.46. The number of nitrogens with zero attached hydrogens (tertiary/aromatic N) is 3. The Morgan fingerprint density at radius 1 is 1.07 bits per heavy atom. The van der Waals surface area contributed by atoms with Gasteiger partial charge in [-0.1, -0.05) is 36.4 Å². The molecule has 3 atom stereocenters. The standard InChI is InChI=1S/C32H31N5O6/c1-19-14-27(35-43-19)30(39)37-17-24(25(18-37)31(40)41)21-9-11-23(12-10-21)36(2)29(38)16-20-8-13-26-28(15-20)42-32(34-26)33-22-6-4-3-5-7-22/h3-15,19,24-25,35H,16-18H2,1-2H3,(H,33,34)(H,40,41). The summed E-state index contributed by atoms with van der Waals surface area (Å²) in [6.45, 7) is 2.18. The summed E-state index contributed by atoms with van der Waals surface area (Å²) in [5, 5.41) is 13.0. The van der Waals surface area contributed by atoms with E-state index in [2.05, 4.69) is 15.8 Å². The van der Waals surface area contributed by atoms with Crippen LogP contribution in [0.2, 0.25) is 0 Å². The van der Waals surface area contributed by atoms with Crippen LogP contribution in [0.4, 0.5) is 17.4 Å². The zero-order valence-corrected chi connectivity index (χ0v) is 23.7. The highest BCUT2D eigenvalue weighted by molar-refractivity contribution is 5.95. The first-order valence-electron chi connectivity index (χ1n) is 14.0. The first kappa shape index (κ1) is 28.0. The smallest absolute Gasteiger partial charge is 0.308 e. The number of aromatic nitrogens is 1. The third kappa shape index (κ3) is 5.93. The number of rotatable bonds is 8. The molecule has 2 aliphatic heterocycles. The van der Waals surface area contributed by atoms with Crippen LogP contribution in [0.3, 0.4) is 0 Å². The molecular formula is C32H31N5O6. The lowest BCUT2D eigenvalue weighted by Gasteiger charge is -2.20. The van der Waals surface area contributed by atoms with E-state index < -0.39 is 11.9 Å². The third-order valence-corrected chi connectivity index (χ3v) is 7.83. The summed E-state index contributed by atoms with van der Waals surface area (Å²) < 4.78 is 5.86. The zero-order valence-electron chi connectivity index (χ0n) is 23.7. The van der Waals surface area contributed by atoms with Gasteiger partial charge in [0.05, 0.1) is 12.3 Å². The topological polar surface area (TPSA) is 137 Å². The van der Waals surface area contributed by atoms with Crippen LogP contribution in [0.5, 0.6) is 0 Å². The molecule has 6 rings (SSSR count). The molecule has 43 heavy (non-hydrogen) atoms. The lowest BCUT2D eigenvalue weighted by molar-refractivity contribution is -0.141.